The first-order chi connectivity index (χ1) is 7.42. The molecule has 0 heterocycles. The fraction of sp³-hybridized carbons (Fsp3) is 1.00. The summed E-state index contributed by atoms with van der Waals surface area (Å²) in [6.07, 6.45) is 1.91. The van der Waals surface area contributed by atoms with Gasteiger partial charge in [0.1, 0.15) is 0 Å². The molecular formula is C12H25NO3. The quantitative estimate of drug-likeness (QED) is 0.674. The molecule has 0 saturated heterocycles. The van der Waals surface area contributed by atoms with Crippen molar-refractivity contribution in [1.82, 2.24) is 4.90 Å². The lowest BCUT2D eigenvalue weighted by atomic mass is 10.2. The van der Waals surface area contributed by atoms with Gasteiger partial charge in [0, 0.05) is 19.1 Å². The topological polar surface area (TPSA) is 52.9 Å². The van der Waals surface area contributed by atoms with E-state index in [1.54, 1.807) is 0 Å². The van der Waals surface area contributed by atoms with E-state index in [4.69, 9.17) is 9.84 Å². The summed E-state index contributed by atoms with van der Waals surface area (Å²) in [5.74, 6) is 0. The second kappa shape index (κ2) is 5.96. The summed E-state index contributed by atoms with van der Waals surface area (Å²) in [5, 5.41) is 18.8. The highest BCUT2D eigenvalue weighted by Crippen LogP contribution is 2.26. The van der Waals surface area contributed by atoms with Crippen LogP contribution in [0, 0.1) is 0 Å². The van der Waals surface area contributed by atoms with E-state index in [1.807, 2.05) is 20.8 Å². The average molecular weight is 231 g/mol. The van der Waals surface area contributed by atoms with Gasteiger partial charge in [-0.3, -0.25) is 4.90 Å². The van der Waals surface area contributed by atoms with Gasteiger partial charge in [0.05, 0.1) is 24.9 Å². The van der Waals surface area contributed by atoms with Crippen molar-refractivity contribution in [1.29, 1.82) is 0 Å². The molecule has 1 atom stereocenters. The molecule has 96 valence electrons. The van der Waals surface area contributed by atoms with Crippen LogP contribution in [0.25, 0.3) is 0 Å². The largest absolute Gasteiger partial charge is 0.395 e. The van der Waals surface area contributed by atoms with Crippen molar-refractivity contribution < 1.29 is 14.9 Å². The van der Waals surface area contributed by atoms with E-state index in [-0.39, 0.29) is 12.2 Å². The fourth-order valence-electron chi connectivity index (χ4n) is 1.66. The van der Waals surface area contributed by atoms with E-state index >= 15 is 0 Å². The summed E-state index contributed by atoms with van der Waals surface area (Å²) in [4.78, 5) is 2.15. The van der Waals surface area contributed by atoms with Crippen LogP contribution in [-0.2, 0) is 4.74 Å². The van der Waals surface area contributed by atoms with Gasteiger partial charge in [0.25, 0.3) is 0 Å². The van der Waals surface area contributed by atoms with Gasteiger partial charge in [-0.2, -0.15) is 0 Å². The van der Waals surface area contributed by atoms with Gasteiger partial charge in [0.15, 0.2) is 0 Å². The molecule has 0 spiro atoms. The van der Waals surface area contributed by atoms with Crippen molar-refractivity contribution in [2.75, 3.05) is 26.3 Å². The average Bonchev–Trinajstić information content (AvgIpc) is 2.96. The number of aliphatic hydroxyl groups is 2. The maximum absolute atomic E-state index is 9.84. The molecule has 0 aliphatic heterocycles. The molecular weight excluding hydrogens is 206 g/mol. The first-order valence-corrected chi connectivity index (χ1v) is 6.09. The zero-order valence-electron chi connectivity index (χ0n) is 10.6. The molecule has 1 aliphatic carbocycles. The van der Waals surface area contributed by atoms with Crippen LogP contribution in [-0.4, -0.2) is 59.2 Å². The molecule has 0 aromatic carbocycles. The third kappa shape index (κ3) is 5.80. The number of nitrogens with zero attached hydrogens (tertiary/aromatic N) is 1. The molecule has 2 N–H and O–H groups in total. The highest BCUT2D eigenvalue weighted by molar-refractivity contribution is 4.85. The highest BCUT2D eigenvalue weighted by atomic mass is 16.5. The summed E-state index contributed by atoms with van der Waals surface area (Å²) in [6.45, 7) is 7.70. The molecule has 4 nitrogen and oxygen atoms in total. The molecule has 1 saturated carbocycles. The first-order valence-electron chi connectivity index (χ1n) is 6.09. The monoisotopic (exact) mass is 231 g/mol. The van der Waals surface area contributed by atoms with Gasteiger partial charge in [-0.1, -0.05) is 0 Å². The molecule has 1 aliphatic rings. The number of hydrogen-bond donors (Lipinski definition) is 2. The highest BCUT2D eigenvalue weighted by Gasteiger charge is 2.30. The van der Waals surface area contributed by atoms with E-state index in [9.17, 15) is 5.11 Å². The first kappa shape index (κ1) is 13.9. The Morgan fingerprint density at radius 3 is 2.44 bits per heavy atom. The van der Waals surface area contributed by atoms with Crippen molar-refractivity contribution in [2.45, 2.75) is 51.4 Å². The van der Waals surface area contributed by atoms with Crippen molar-refractivity contribution in [3.8, 4) is 0 Å². The molecule has 4 heteroatoms. The van der Waals surface area contributed by atoms with Crippen LogP contribution in [0.3, 0.4) is 0 Å². The minimum atomic E-state index is -0.466. The predicted molar refractivity (Wildman–Crippen MR) is 63.4 cm³/mol. The van der Waals surface area contributed by atoms with Crippen molar-refractivity contribution >= 4 is 0 Å². The summed E-state index contributed by atoms with van der Waals surface area (Å²) in [5.41, 5.74) is -0.206. The summed E-state index contributed by atoms with van der Waals surface area (Å²) in [7, 11) is 0. The third-order valence-electron chi connectivity index (χ3n) is 2.60. The molecule has 1 unspecified atom stereocenters. The van der Waals surface area contributed by atoms with Crippen LogP contribution in [0.4, 0.5) is 0 Å². The van der Waals surface area contributed by atoms with Crippen LogP contribution in [0.15, 0.2) is 0 Å². The number of rotatable bonds is 7. The lowest BCUT2D eigenvalue weighted by Gasteiger charge is -2.26. The van der Waals surface area contributed by atoms with Gasteiger partial charge in [-0.05, 0) is 33.6 Å². The predicted octanol–water partition coefficient (Wildman–Crippen LogP) is 0.619. The van der Waals surface area contributed by atoms with Gasteiger partial charge in [-0.25, -0.2) is 0 Å². The Balaban J connectivity index is 2.22. The van der Waals surface area contributed by atoms with Gasteiger partial charge < -0.3 is 14.9 Å². The van der Waals surface area contributed by atoms with Crippen molar-refractivity contribution in [3.63, 3.8) is 0 Å². The van der Waals surface area contributed by atoms with E-state index in [0.717, 1.165) is 0 Å². The Hall–Kier alpha value is -0.160. The maximum Gasteiger partial charge on any atom is 0.0900 e. The van der Waals surface area contributed by atoms with Gasteiger partial charge in [0.2, 0.25) is 0 Å². The van der Waals surface area contributed by atoms with E-state index < -0.39 is 6.10 Å². The lowest BCUT2D eigenvalue weighted by molar-refractivity contribution is -0.0573. The Kier molecular flexibility index (Phi) is 5.18. The molecule has 1 fully saturated rings. The zero-order valence-corrected chi connectivity index (χ0v) is 10.6. The molecule has 16 heavy (non-hydrogen) atoms. The lowest BCUT2D eigenvalue weighted by Crippen LogP contribution is -2.39. The summed E-state index contributed by atoms with van der Waals surface area (Å²) < 4.78 is 5.53. The van der Waals surface area contributed by atoms with Crippen LogP contribution >= 0.6 is 0 Å². The molecule has 0 bridgehead atoms. The smallest absolute Gasteiger partial charge is 0.0900 e. The molecule has 0 aromatic heterocycles. The van der Waals surface area contributed by atoms with Crippen molar-refractivity contribution in [3.05, 3.63) is 0 Å². The van der Waals surface area contributed by atoms with Gasteiger partial charge >= 0.3 is 0 Å². The summed E-state index contributed by atoms with van der Waals surface area (Å²) in [6, 6.07) is 0.566. The Morgan fingerprint density at radius 1 is 1.38 bits per heavy atom. The van der Waals surface area contributed by atoms with E-state index in [1.165, 1.54) is 12.8 Å². The minimum absolute atomic E-state index is 0.156. The normalized spacial score (nSPS) is 19.1. The third-order valence-corrected chi connectivity index (χ3v) is 2.60. The van der Waals surface area contributed by atoms with Crippen LogP contribution in [0.2, 0.25) is 0 Å². The summed E-state index contributed by atoms with van der Waals surface area (Å²) >= 11 is 0. The van der Waals surface area contributed by atoms with Gasteiger partial charge in [-0.15, -0.1) is 0 Å². The Morgan fingerprint density at radius 2 is 2.00 bits per heavy atom. The number of ether oxygens (including phenoxy) is 1. The van der Waals surface area contributed by atoms with E-state index in [0.29, 0.717) is 25.7 Å². The SMILES string of the molecule is CC(C)(C)OCC(O)CN(CCO)C1CC1. The Labute approximate surface area is 98.2 Å². The Bertz CT molecular complexity index is 199. The molecule has 0 radical (unpaired) electrons. The molecule has 0 aromatic rings. The number of hydrogen-bond acceptors (Lipinski definition) is 4. The second-order valence-corrected chi connectivity index (χ2v) is 5.53. The minimum Gasteiger partial charge on any atom is -0.395 e. The van der Waals surface area contributed by atoms with Crippen LogP contribution < -0.4 is 0 Å². The second-order valence-electron chi connectivity index (χ2n) is 5.53. The fourth-order valence-corrected chi connectivity index (χ4v) is 1.66. The molecule has 0 amide bonds. The maximum atomic E-state index is 9.84. The van der Waals surface area contributed by atoms with Crippen LogP contribution in [0.5, 0.6) is 0 Å². The molecule has 1 rings (SSSR count). The van der Waals surface area contributed by atoms with E-state index in [2.05, 4.69) is 4.90 Å². The number of aliphatic hydroxyl groups excluding tert-OH is 2. The zero-order chi connectivity index (χ0) is 12.2. The van der Waals surface area contributed by atoms with Crippen molar-refractivity contribution in [2.24, 2.45) is 0 Å². The standard InChI is InChI=1S/C12H25NO3/c1-12(2,3)16-9-11(15)8-13(6-7-14)10-4-5-10/h10-11,14-15H,4-9H2,1-3H3. The van der Waals surface area contributed by atoms with Crippen LogP contribution in [0.1, 0.15) is 33.6 Å².